The molecule has 1 atom stereocenters. The Morgan fingerprint density at radius 3 is 2.60 bits per heavy atom. The van der Waals surface area contributed by atoms with Crippen molar-refractivity contribution in [3.05, 3.63) is 63.1 Å². The average Bonchev–Trinajstić information content (AvgIpc) is 2.43. The van der Waals surface area contributed by atoms with Gasteiger partial charge >= 0.3 is 0 Å². The zero-order chi connectivity index (χ0) is 14.3. The molecule has 0 aromatic heterocycles. The van der Waals surface area contributed by atoms with Gasteiger partial charge in [-0.3, -0.25) is 4.79 Å². The molecule has 1 aliphatic heterocycles. The predicted octanol–water partition coefficient (Wildman–Crippen LogP) is 4.54. The molecule has 0 radical (unpaired) electrons. The summed E-state index contributed by atoms with van der Waals surface area (Å²) >= 11 is 3.60. The summed E-state index contributed by atoms with van der Waals surface area (Å²) in [6, 6.07) is 12.4. The molecule has 1 heterocycles. The third-order valence-corrected chi connectivity index (χ3v) is 4.80. The average molecular weight is 330 g/mol. The zero-order valence-electron chi connectivity index (χ0n) is 11.5. The first-order valence-electron chi connectivity index (χ1n) is 6.72. The van der Waals surface area contributed by atoms with E-state index in [1.54, 1.807) is 0 Å². The molecule has 2 nitrogen and oxygen atoms in total. The van der Waals surface area contributed by atoms with E-state index in [-0.39, 0.29) is 11.8 Å². The molecule has 20 heavy (non-hydrogen) atoms. The number of carbonyl (C=O) groups is 1. The monoisotopic (exact) mass is 329 g/mol. The van der Waals surface area contributed by atoms with Crippen LogP contribution in [0.1, 0.15) is 34.6 Å². The third kappa shape index (κ3) is 2.16. The van der Waals surface area contributed by atoms with Crippen molar-refractivity contribution >= 4 is 27.5 Å². The number of hydrogen-bond acceptors (Lipinski definition) is 1. The van der Waals surface area contributed by atoms with Crippen molar-refractivity contribution in [1.82, 2.24) is 0 Å². The quantitative estimate of drug-likeness (QED) is 0.817. The molecule has 0 spiro atoms. The lowest BCUT2D eigenvalue weighted by Crippen LogP contribution is -2.24. The van der Waals surface area contributed by atoms with Crippen LogP contribution in [0, 0.1) is 13.8 Å². The minimum Gasteiger partial charge on any atom is -0.326 e. The Morgan fingerprint density at radius 1 is 1.10 bits per heavy atom. The van der Waals surface area contributed by atoms with Gasteiger partial charge in [-0.15, -0.1) is 0 Å². The fourth-order valence-corrected chi connectivity index (χ4v) is 3.38. The lowest BCUT2D eigenvalue weighted by Gasteiger charge is -2.28. The van der Waals surface area contributed by atoms with Crippen LogP contribution in [-0.4, -0.2) is 5.91 Å². The van der Waals surface area contributed by atoms with E-state index < -0.39 is 0 Å². The van der Waals surface area contributed by atoms with E-state index in [0.717, 1.165) is 15.7 Å². The maximum atomic E-state index is 12.1. The van der Waals surface area contributed by atoms with E-state index in [2.05, 4.69) is 53.3 Å². The summed E-state index contributed by atoms with van der Waals surface area (Å²) in [6.07, 6.45) is 0.498. The predicted molar refractivity (Wildman–Crippen MR) is 85.1 cm³/mol. The van der Waals surface area contributed by atoms with Crippen LogP contribution in [0.15, 0.2) is 40.9 Å². The Labute approximate surface area is 127 Å². The number of halogens is 1. The zero-order valence-corrected chi connectivity index (χ0v) is 13.1. The molecule has 102 valence electrons. The van der Waals surface area contributed by atoms with Crippen molar-refractivity contribution in [3.8, 4) is 0 Å². The van der Waals surface area contributed by atoms with Gasteiger partial charge in [0.2, 0.25) is 5.91 Å². The molecule has 1 aliphatic rings. The highest BCUT2D eigenvalue weighted by molar-refractivity contribution is 9.10. The Balaban J connectivity index is 2.19. The van der Waals surface area contributed by atoms with Crippen LogP contribution >= 0.6 is 15.9 Å². The molecule has 1 N–H and O–H groups in total. The minimum atomic E-state index is 0.0898. The van der Waals surface area contributed by atoms with Gasteiger partial charge in [0.1, 0.15) is 0 Å². The van der Waals surface area contributed by atoms with Crippen molar-refractivity contribution in [3.63, 3.8) is 0 Å². The minimum absolute atomic E-state index is 0.0898. The van der Waals surface area contributed by atoms with Crippen LogP contribution in [0.2, 0.25) is 0 Å². The second-order valence-corrected chi connectivity index (χ2v) is 6.15. The van der Waals surface area contributed by atoms with E-state index in [1.807, 2.05) is 18.2 Å². The largest absolute Gasteiger partial charge is 0.326 e. The molecule has 3 rings (SSSR count). The highest BCUT2D eigenvalue weighted by Gasteiger charge is 2.28. The highest BCUT2D eigenvalue weighted by Crippen LogP contribution is 2.41. The van der Waals surface area contributed by atoms with Crippen molar-refractivity contribution in [2.75, 3.05) is 5.32 Å². The fourth-order valence-electron chi connectivity index (χ4n) is 2.81. The van der Waals surface area contributed by atoms with Crippen LogP contribution in [0.25, 0.3) is 0 Å². The molecule has 3 heteroatoms. The molecule has 0 aliphatic carbocycles. The molecule has 0 unspecified atom stereocenters. The molecule has 0 saturated heterocycles. The number of aryl methyl sites for hydroxylation is 1. The van der Waals surface area contributed by atoms with E-state index in [4.69, 9.17) is 0 Å². The number of carbonyl (C=O) groups excluding carboxylic acids is 1. The summed E-state index contributed by atoms with van der Waals surface area (Å²) in [4.78, 5) is 12.1. The van der Waals surface area contributed by atoms with Gasteiger partial charge < -0.3 is 5.32 Å². The van der Waals surface area contributed by atoms with Crippen molar-refractivity contribution in [2.45, 2.75) is 26.2 Å². The van der Waals surface area contributed by atoms with Gasteiger partial charge in [-0.25, -0.2) is 0 Å². The van der Waals surface area contributed by atoms with Gasteiger partial charge in [-0.05, 0) is 42.2 Å². The van der Waals surface area contributed by atoms with E-state index in [1.165, 1.54) is 16.7 Å². The molecule has 1 amide bonds. The van der Waals surface area contributed by atoms with E-state index in [9.17, 15) is 4.79 Å². The van der Waals surface area contributed by atoms with Gasteiger partial charge in [0.25, 0.3) is 0 Å². The summed E-state index contributed by atoms with van der Waals surface area (Å²) < 4.78 is 1.06. The summed E-state index contributed by atoms with van der Waals surface area (Å²) in [6.45, 7) is 4.14. The van der Waals surface area contributed by atoms with E-state index in [0.29, 0.717) is 6.42 Å². The molecular weight excluding hydrogens is 314 g/mol. The summed E-state index contributed by atoms with van der Waals surface area (Å²) in [7, 11) is 0. The normalized spacial score (nSPS) is 17.6. The standard InChI is InChI=1S/C17H16BrNO/c1-10-7-8-13-14(12-5-3-4-6-15(12)18)9-16(20)19-17(13)11(10)2/h3-8,14H,9H2,1-2H3,(H,19,20)/t14-/m1/s1. The van der Waals surface area contributed by atoms with Crippen molar-refractivity contribution in [1.29, 1.82) is 0 Å². The lowest BCUT2D eigenvalue weighted by atomic mass is 9.83. The van der Waals surface area contributed by atoms with Gasteiger partial charge in [0.15, 0.2) is 0 Å². The lowest BCUT2D eigenvalue weighted by molar-refractivity contribution is -0.116. The van der Waals surface area contributed by atoms with Crippen LogP contribution < -0.4 is 5.32 Å². The van der Waals surface area contributed by atoms with Gasteiger partial charge in [-0.2, -0.15) is 0 Å². The van der Waals surface area contributed by atoms with Crippen LogP contribution in [0.3, 0.4) is 0 Å². The number of hydrogen-bond donors (Lipinski definition) is 1. The Hall–Kier alpha value is -1.61. The number of benzene rings is 2. The molecule has 0 saturated carbocycles. The number of fused-ring (bicyclic) bond motifs is 1. The van der Waals surface area contributed by atoms with Crippen LogP contribution in [0.4, 0.5) is 5.69 Å². The number of rotatable bonds is 1. The first kappa shape index (κ1) is 13.4. The van der Waals surface area contributed by atoms with Gasteiger partial charge in [0, 0.05) is 22.5 Å². The summed E-state index contributed by atoms with van der Waals surface area (Å²) in [5.74, 6) is 0.209. The first-order chi connectivity index (χ1) is 9.58. The number of amides is 1. The maximum Gasteiger partial charge on any atom is 0.225 e. The maximum absolute atomic E-state index is 12.1. The van der Waals surface area contributed by atoms with E-state index >= 15 is 0 Å². The second-order valence-electron chi connectivity index (χ2n) is 5.30. The van der Waals surface area contributed by atoms with Gasteiger partial charge in [-0.1, -0.05) is 46.3 Å². The Morgan fingerprint density at radius 2 is 1.85 bits per heavy atom. The van der Waals surface area contributed by atoms with Crippen molar-refractivity contribution in [2.24, 2.45) is 0 Å². The Kier molecular flexibility index (Phi) is 3.38. The first-order valence-corrected chi connectivity index (χ1v) is 7.51. The smallest absolute Gasteiger partial charge is 0.225 e. The second kappa shape index (κ2) is 5.06. The molecule has 0 fully saturated rings. The molecule has 2 aromatic rings. The SMILES string of the molecule is Cc1ccc2c(c1C)NC(=O)C[C@@H]2c1ccccc1Br. The molecular formula is C17H16BrNO. The summed E-state index contributed by atoms with van der Waals surface area (Å²) in [5.41, 5.74) is 5.73. The molecule has 2 aromatic carbocycles. The third-order valence-electron chi connectivity index (χ3n) is 4.08. The Bertz CT molecular complexity index is 693. The van der Waals surface area contributed by atoms with Crippen LogP contribution in [-0.2, 0) is 4.79 Å². The molecule has 0 bridgehead atoms. The fraction of sp³-hybridized carbons (Fsp3) is 0.235. The summed E-state index contributed by atoms with van der Waals surface area (Å²) in [5, 5.41) is 3.03. The number of anilines is 1. The van der Waals surface area contributed by atoms with Gasteiger partial charge in [0.05, 0.1) is 0 Å². The number of nitrogens with one attached hydrogen (secondary N) is 1. The van der Waals surface area contributed by atoms with Crippen molar-refractivity contribution < 1.29 is 4.79 Å². The topological polar surface area (TPSA) is 29.1 Å². The van der Waals surface area contributed by atoms with Crippen LogP contribution in [0.5, 0.6) is 0 Å². The highest BCUT2D eigenvalue weighted by atomic mass is 79.9.